The molecule has 0 amide bonds. The molecule has 1 aromatic carbocycles. The molecule has 0 aromatic heterocycles. The van der Waals surface area contributed by atoms with Crippen molar-refractivity contribution in [1.29, 1.82) is 0 Å². The first kappa shape index (κ1) is 14.1. The van der Waals surface area contributed by atoms with Crippen molar-refractivity contribution >= 4 is 25.2 Å². The van der Waals surface area contributed by atoms with Gasteiger partial charge in [-0.1, -0.05) is 11.6 Å². The number of rotatable bonds is 4. The van der Waals surface area contributed by atoms with Crippen LogP contribution >= 0.6 is 19.4 Å². The monoisotopic (exact) mass is 387 g/mol. The van der Waals surface area contributed by atoms with Crippen molar-refractivity contribution in [3.05, 3.63) is 34.4 Å². The van der Waals surface area contributed by atoms with Gasteiger partial charge in [-0.3, -0.25) is 9.79 Å². The summed E-state index contributed by atoms with van der Waals surface area (Å²) >= 11 is 6.01. The molecule has 4 fully saturated rings. The van der Waals surface area contributed by atoms with Gasteiger partial charge in [-0.25, -0.2) is 4.57 Å². The lowest BCUT2D eigenvalue weighted by Crippen LogP contribution is -2.40. The van der Waals surface area contributed by atoms with Crippen molar-refractivity contribution in [3.8, 4) is 5.75 Å². The van der Waals surface area contributed by atoms with Crippen LogP contribution in [0.3, 0.4) is 0 Å². The number of allylic oxidation sites excluding steroid dienone is 1. The van der Waals surface area contributed by atoms with Crippen molar-refractivity contribution in [2.24, 2.45) is 23.7 Å². The topological polar surface area (TPSA) is 76.0 Å². The van der Waals surface area contributed by atoms with Gasteiger partial charge in [-0.15, -0.1) is 0 Å². The molecular formula is C18H22ClO5P. The maximum atomic E-state index is 11.2. The van der Waals surface area contributed by atoms with E-state index in [1.807, 2.05) is 0 Å². The summed E-state index contributed by atoms with van der Waals surface area (Å²) < 4.78 is 44.2. The summed E-state index contributed by atoms with van der Waals surface area (Å²) in [6, 6.07) is 4.38. The Morgan fingerprint density at radius 2 is 1.84 bits per heavy atom. The molecule has 0 spiro atoms. The van der Waals surface area contributed by atoms with Gasteiger partial charge in [-0.05, 0) is 79.5 Å². The van der Waals surface area contributed by atoms with Gasteiger partial charge in [0.1, 0.15) is 5.76 Å². The van der Waals surface area contributed by atoms with Crippen LogP contribution in [0.25, 0.3) is 5.76 Å². The quantitative estimate of drug-likeness (QED) is 0.582. The summed E-state index contributed by atoms with van der Waals surface area (Å²) in [6.45, 7) is 0. The molecule has 5 nitrogen and oxygen atoms in total. The molecule has 2 N–H and O–H groups in total. The third-order valence-electron chi connectivity index (χ3n) is 5.79. The molecule has 7 heteroatoms. The summed E-state index contributed by atoms with van der Waals surface area (Å²) in [5, 5.41) is 0.0235. The van der Waals surface area contributed by atoms with Crippen LogP contribution in [0.2, 0.25) is 5.02 Å². The third-order valence-corrected chi connectivity index (χ3v) is 6.54. The number of hydrogen-bond donors (Lipinski definition) is 2. The molecule has 1 aromatic rings. The number of phosphoric ester groups is 1. The highest BCUT2D eigenvalue weighted by molar-refractivity contribution is 7.46. The SMILES string of the molecule is [2H]C([2H])([2H])OC(=C1C2CC3CC(C2)CC1C3)c1ccc(Cl)c(OP(=O)(O)O)c1. The fraction of sp³-hybridized carbons (Fsp3) is 0.556. The van der Waals surface area contributed by atoms with E-state index in [2.05, 4.69) is 4.52 Å². The van der Waals surface area contributed by atoms with Gasteiger partial charge in [0.25, 0.3) is 0 Å². The molecule has 25 heavy (non-hydrogen) atoms. The van der Waals surface area contributed by atoms with Crippen LogP contribution in [-0.4, -0.2) is 16.8 Å². The minimum atomic E-state index is -4.81. The first-order valence-corrected chi connectivity index (χ1v) is 10.4. The predicted octanol–water partition coefficient (Wildman–Crippen LogP) is 4.63. The van der Waals surface area contributed by atoms with E-state index in [-0.39, 0.29) is 28.4 Å². The van der Waals surface area contributed by atoms with E-state index >= 15 is 0 Å². The molecule has 4 aliphatic carbocycles. The Bertz CT molecular complexity index is 833. The van der Waals surface area contributed by atoms with Gasteiger partial charge in [0.05, 0.1) is 16.2 Å². The van der Waals surface area contributed by atoms with Crippen LogP contribution in [0.1, 0.15) is 41.8 Å². The Morgan fingerprint density at radius 1 is 1.20 bits per heavy atom. The van der Waals surface area contributed by atoms with Crippen LogP contribution in [0.4, 0.5) is 0 Å². The van der Waals surface area contributed by atoms with E-state index in [1.54, 1.807) is 6.07 Å². The molecule has 0 radical (unpaired) electrons. The average molecular weight is 388 g/mol. The average Bonchev–Trinajstić information content (AvgIpc) is 2.52. The normalized spacial score (nSPS) is 32.8. The van der Waals surface area contributed by atoms with E-state index in [0.29, 0.717) is 17.4 Å². The van der Waals surface area contributed by atoms with Crippen molar-refractivity contribution in [3.63, 3.8) is 0 Å². The summed E-state index contributed by atoms with van der Waals surface area (Å²) in [5.41, 5.74) is 1.43. The first-order chi connectivity index (χ1) is 13.0. The second kappa shape index (κ2) is 6.31. The van der Waals surface area contributed by atoms with Gasteiger partial charge in [0.2, 0.25) is 0 Å². The van der Waals surface area contributed by atoms with Crippen LogP contribution in [0.15, 0.2) is 23.8 Å². The van der Waals surface area contributed by atoms with Crippen molar-refractivity contribution in [2.45, 2.75) is 32.1 Å². The number of benzene rings is 1. The van der Waals surface area contributed by atoms with E-state index in [1.165, 1.54) is 18.6 Å². The molecule has 5 rings (SSSR count). The van der Waals surface area contributed by atoms with Crippen LogP contribution in [-0.2, 0) is 9.30 Å². The van der Waals surface area contributed by atoms with E-state index in [0.717, 1.165) is 31.3 Å². The number of halogens is 1. The second-order valence-electron chi connectivity index (χ2n) is 7.42. The molecule has 4 saturated carbocycles. The highest BCUT2D eigenvalue weighted by Crippen LogP contribution is 2.58. The Kier molecular flexibility index (Phi) is 3.56. The van der Waals surface area contributed by atoms with Gasteiger partial charge in [0, 0.05) is 5.56 Å². The number of methoxy groups -OCH3 is 1. The Morgan fingerprint density at radius 3 is 2.40 bits per heavy atom. The smallest absolute Gasteiger partial charge is 0.496 e. The van der Waals surface area contributed by atoms with Crippen LogP contribution in [0.5, 0.6) is 5.75 Å². The summed E-state index contributed by atoms with van der Waals surface area (Å²) in [7, 11) is -7.45. The zero-order valence-corrected chi connectivity index (χ0v) is 15.2. The fourth-order valence-corrected chi connectivity index (χ4v) is 5.81. The Hall–Kier alpha value is -1.00. The molecule has 0 aliphatic heterocycles. The molecule has 0 unspecified atom stereocenters. The molecule has 0 saturated heterocycles. The lowest BCUT2D eigenvalue weighted by atomic mass is 9.54. The molecule has 4 aliphatic rings. The van der Waals surface area contributed by atoms with Gasteiger partial charge in [-0.2, -0.15) is 0 Å². The Labute approximate surface area is 156 Å². The number of phosphoric acid groups is 1. The molecule has 136 valence electrons. The summed E-state index contributed by atoms with van der Waals surface area (Å²) in [5.74, 6) is 2.04. The van der Waals surface area contributed by atoms with Gasteiger partial charge in [0.15, 0.2) is 5.75 Å². The highest BCUT2D eigenvalue weighted by Gasteiger charge is 2.46. The Balaban J connectivity index is 1.80. The molecular weight excluding hydrogens is 363 g/mol. The van der Waals surface area contributed by atoms with Crippen molar-refractivity contribution < 1.29 is 27.7 Å². The maximum absolute atomic E-state index is 11.2. The van der Waals surface area contributed by atoms with Gasteiger partial charge >= 0.3 is 7.82 Å². The van der Waals surface area contributed by atoms with Crippen LogP contribution < -0.4 is 4.52 Å². The fourth-order valence-electron chi connectivity index (χ4n) is 5.19. The predicted molar refractivity (Wildman–Crippen MR) is 95.1 cm³/mol. The van der Waals surface area contributed by atoms with Crippen molar-refractivity contribution in [1.82, 2.24) is 0 Å². The van der Waals surface area contributed by atoms with Crippen LogP contribution in [0, 0.1) is 23.7 Å². The van der Waals surface area contributed by atoms with Gasteiger partial charge < -0.3 is 9.26 Å². The second-order valence-corrected chi connectivity index (χ2v) is 8.99. The maximum Gasteiger partial charge on any atom is 0.524 e. The van der Waals surface area contributed by atoms with E-state index < -0.39 is 14.9 Å². The lowest BCUT2D eigenvalue weighted by molar-refractivity contribution is 0.0675. The standard InChI is InChI=1S/C18H22ClO5P/c1-23-18(12-2-3-15(19)16(9-12)24-25(20,21)22)17-13-5-10-4-11(7-13)8-14(17)6-10/h2-3,9-11,13-14H,4-8H2,1H3,(H2,20,21,22)/i1D3. The molecule has 4 bridgehead atoms. The first-order valence-electron chi connectivity index (χ1n) is 9.96. The van der Waals surface area contributed by atoms with Crippen molar-refractivity contribution in [2.75, 3.05) is 7.04 Å². The number of hydrogen-bond acceptors (Lipinski definition) is 3. The molecule has 0 atom stereocenters. The highest BCUT2D eigenvalue weighted by atomic mass is 35.5. The van der Waals surface area contributed by atoms with E-state index in [9.17, 15) is 4.57 Å². The lowest BCUT2D eigenvalue weighted by Gasteiger charge is -2.51. The third kappa shape index (κ3) is 3.35. The zero-order chi connectivity index (χ0) is 20.3. The zero-order valence-electron chi connectivity index (χ0n) is 16.5. The minimum Gasteiger partial charge on any atom is -0.496 e. The van der Waals surface area contributed by atoms with E-state index in [4.69, 9.17) is 30.2 Å². The number of ether oxygens (including phenoxy) is 1. The summed E-state index contributed by atoms with van der Waals surface area (Å²) in [6.07, 6.45) is 5.41. The largest absolute Gasteiger partial charge is 0.524 e. The molecule has 0 heterocycles. The minimum absolute atomic E-state index is 0.0235. The summed E-state index contributed by atoms with van der Waals surface area (Å²) in [4.78, 5) is 18.2.